The van der Waals surface area contributed by atoms with Crippen molar-refractivity contribution in [3.63, 3.8) is 0 Å². The molecular formula is C30H45NO12. The molecule has 4 saturated heterocycles. The number of amides is 1. The van der Waals surface area contributed by atoms with E-state index >= 15 is 0 Å². The molecule has 0 bridgehead atoms. The van der Waals surface area contributed by atoms with E-state index in [1.807, 2.05) is 6.92 Å². The molecule has 0 aromatic heterocycles. The summed E-state index contributed by atoms with van der Waals surface area (Å²) in [5.74, 6) is -4.31. The normalized spacial score (nSPS) is 44.5. The highest BCUT2D eigenvalue weighted by molar-refractivity contribution is 6.00. The molecule has 13 heteroatoms. The topological polar surface area (TPSA) is 153 Å². The number of rotatable bonds is 4. The summed E-state index contributed by atoms with van der Waals surface area (Å²) in [5.41, 5.74) is -2.67. The van der Waals surface area contributed by atoms with Gasteiger partial charge in [-0.2, -0.15) is 0 Å². The number of ether oxygens (including phenoxy) is 7. The highest BCUT2D eigenvalue weighted by Crippen LogP contribution is 2.41. The predicted molar refractivity (Wildman–Crippen MR) is 148 cm³/mol. The van der Waals surface area contributed by atoms with Crippen molar-refractivity contribution in [3.05, 3.63) is 0 Å². The Balaban J connectivity index is 1.72. The van der Waals surface area contributed by atoms with Crippen molar-refractivity contribution in [2.75, 3.05) is 14.2 Å². The molecule has 13 nitrogen and oxygen atoms in total. The SMILES string of the molecule is CC[C@H]1OC(=O)[C@H](C)C(=O)[C@H](C)[C@@H](O[C@@H]2O[C@H](C)C[C@H]3[C@H]2OC(=O)N3C)[C@](C)(OC)C[C@@H](C)C(=O)C[C@H]2OC(=O)O[C@@]21C. The fraction of sp³-hybridized carbons (Fsp3) is 0.833. The van der Waals surface area contributed by atoms with Gasteiger partial charge in [-0.15, -0.1) is 0 Å². The first kappa shape index (κ1) is 33.1. The molecule has 4 rings (SSSR count). The largest absolute Gasteiger partial charge is 0.509 e. The van der Waals surface area contributed by atoms with Gasteiger partial charge in [-0.1, -0.05) is 20.8 Å². The van der Waals surface area contributed by atoms with Crippen LogP contribution in [0.2, 0.25) is 0 Å². The summed E-state index contributed by atoms with van der Waals surface area (Å²) in [5, 5.41) is 0. The maximum Gasteiger partial charge on any atom is 0.509 e. The molecule has 12 atom stereocenters. The van der Waals surface area contributed by atoms with Crippen molar-refractivity contribution >= 4 is 29.8 Å². The molecular weight excluding hydrogens is 566 g/mol. The van der Waals surface area contributed by atoms with Gasteiger partial charge in [0.15, 0.2) is 29.9 Å². The van der Waals surface area contributed by atoms with Gasteiger partial charge in [-0.25, -0.2) is 9.59 Å². The lowest BCUT2D eigenvalue weighted by Gasteiger charge is -2.45. The molecule has 0 aromatic carbocycles. The van der Waals surface area contributed by atoms with Crippen molar-refractivity contribution in [2.45, 2.75) is 128 Å². The lowest BCUT2D eigenvalue weighted by Crippen LogP contribution is -2.58. The van der Waals surface area contributed by atoms with Gasteiger partial charge in [0.2, 0.25) is 0 Å². The molecule has 43 heavy (non-hydrogen) atoms. The van der Waals surface area contributed by atoms with E-state index in [0.717, 1.165) is 0 Å². The Morgan fingerprint density at radius 2 is 1.67 bits per heavy atom. The summed E-state index contributed by atoms with van der Waals surface area (Å²) < 4.78 is 40.9. The maximum atomic E-state index is 13.9. The Kier molecular flexibility index (Phi) is 9.49. The van der Waals surface area contributed by atoms with Crippen molar-refractivity contribution in [2.24, 2.45) is 17.8 Å². The molecule has 242 valence electrons. The Morgan fingerprint density at radius 3 is 2.30 bits per heavy atom. The number of likely N-dealkylation sites (N-methyl/N-ethyl adjacent to an activating group) is 1. The minimum atomic E-state index is -1.43. The average Bonchev–Trinajstić information content (AvgIpc) is 3.41. The fourth-order valence-corrected chi connectivity index (χ4v) is 6.86. The number of methoxy groups -OCH3 is 1. The lowest BCUT2D eigenvalue weighted by atomic mass is 9.76. The summed E-state index contributed by atoms with van der Waals surface area (Å²) in [6.07, 6.45) is -5.82. The third-order valence-corrected chi connectivity index (χ3v) is 9.74. The number of esters is 1. The van der Waals surface area contributed by atoms with E-state index in [2.05, 4.69) is 0 Å². The number of fused-ring (bicyclic) bond motifs is 2. The van der Waals surface area contributed by atoms with E-state index in [0.29, 0.717) is 6.42 Å². The second-order valence-corrected chi connectivity index (χ2v) is 12.8. The monoisotopic (exact) mass is 611 g/mol. The predicted octanol–water partition coefficient (Wildman–Crippen LogP) is 3.19. The zero-order valence-electron chi connectivity index (χ0n) is 26.4. The first-order valence-corrected chi connectivity index (χ1v) is 15.0. The fourth-order valence-electron chi connectivity index (χ4n) is 6.86. The molecule has 4 heterocycles. The van der Waals surface area contributed by atoms with Gasteiger partial charge in [0, 0.05) is 32.4 Å². The highest BCUT2D eigenvalue weighted by Gasteiger charge is 2.57. The van der Waals surface area contributed by atoms with Gasteiger partial charge >= 0.3 is 18.2 Å². The van der Waals surface area contributed by atoms with Gasteiger partial charge in [0.25, 0.3) is 0 Å². The second-order valence-electron chi connectivity index (χ2n) is 12.8. The van der Waals surface area contributed by atoms with Crippen LogP contribution in [0.5, 0.6) is 0 Å². The van der Waals surface area contributed by atoms with Crippen LogP contribution in [-0.2, 0) is 47.5 Å². The number of carbonyl (C=O) groups excluding carboxylic acids is 5. The zero-order valence-corrected chi connectivity index (χ0v) is 26.4. The van der Waals surface area contributed by atoms with Gasteiger partial charge in [-0.3, -0.25) is 14.4 Å². The molecule has 1 amide bonds. The maximum absolute atomic E-state index is 13.9. The molecule has 4 aliphatic rings. The Morgan fingerprint density at radius 1 is 1.00 bits per heavy atom. The number of hydrogen-bond acceptors (Lipinski definition) is 12. The van der Waals surface area contributed by atoms with E-state index in [1.165, 1.54) is 18.9 Å². The van der Waals surface area contributed by atoms with E-state index in [1.54, 1.807) is 41.7 Å². The number of carbonyl (C=O) groups is 5. The first-order chi connectivity index (χ1) is 20.1. The summed E-state index contributed by atoms with van der Waals surface area (Å²) in [6, 6.07) is -0.300. The highest BCUT2D eigenvalue weighted by atomic mass is 16.8. The van der Waals surface area contributed by atoms with Crippen molar-refractivity contribution in [1.82, 2.24) is 4.90 Å². The quantitative estimate of drug-likeness (QED) is 0.261. The van der Waals surface area contributed by atoms with Crippen LogP contribution in [0, 0.1) is 17.8 Å². The van der Waals surface area contributed by atoms with E-state index in [-0.39, 0.29) is 37.2 Å². The Labute approximate surface area is 252 Å². The van der Waals surface area contributed by atoms with Crippen LogP contribution in [0.1, 0.15) is 74.1 Å². The molecule has 4 aliphatic heterocycles. The molecule has 4 fully saturated rings. The van der Waals surface area contributed by atoms with Crippen molar-refractivity contribution in [3.8, 4) is 0 Å². The summed E-state index contributed by atoms with van der Waals surface area (Å²) in [4.78, 5) is 67.1. The van der Waals surface area contributed by atoms with E-state index < -0.39 is 83.7 Å². The number of nitrogens with zero attached hydrogens (tertiary/aromatic N) is 1. The summed E-state index contributed by atoms with van der Waals surface area (Å²) in [7, 11) is 3.11. The summed E-state index contributed by atoms with van der Waals surface area (Å²) in [6.45, 7) is 11.7. The lowest BCUT2D eigenvalue weighted by molar-refractivity contribution is -0.284. The van der Waals surface area contributed by atoms with Gasteiger partial charge in [0.1, 0.15) is 17.8 Å². The Bertz CT molecular complexity index is 1130. The molecule has 0 unspecified atom stereocenters. The first-order valence-electron chi connectivity index (χ1n) is 15.0. The number of cyclic esters (lactones) is 1. The van der Waals surface area contributed by atoms with Crippen LogP contribution in [0.4, 0.5) is 9.59 Å². The molecule has 0 aliphatic carbocycles. The van der Waals surface area contributed by atoms with Crippen LogP contribution < -0.4 is 0 Å². The van der Waals surface area contributed by atoms with Gasteiger partial charge in [-0.05, 0) is 47.0 Å². The Hall–Kier alpha value is -2.77. The molecule has 0 N–H and O–H groups in total. The number of Topliss-reactive ketones (excluding diaryl/α,β-unsaturated/α-hetero) is 2. The third kappa shape index (κ3) is 6.12. The van der Waals surface area contributed by atoms with E-state index in [4.69, 9.17) is 33.2 Å². The number of hydrogen-bond donors (Lipinski definition) is 0. The second kappa shape index (κ2) is 12.3. The van der Waals surface area contributed by atoms with E-state index in [9.17, 15) is 24.0 Å². The standard InChI is InChI=1S/C30H45NO12/c1-10-20-30(7)21(40-28(36)43-30)12-19(32)14(2)13-29(6,37-9)24(16(4)22(33)17(5)25(34)39-20)42-26-23-18(11-15(3)38-26)31(8)27(35)41-23/h14-18,20-21,23-24,26H,10-13H2,1-9H3/t14-,15-,16+,17-,18+,20-,21-,23-,24-,26+,29-,30-/m1/s1. The zero-order chi connectivity index (χ0) is 32.0. The molecule has 0 radical (unpaired) electrons. The summed E-state index contributed by atoms with van der Waals surface area (Å²) >= 11 is 0. The van der Waals surface area contributed by atoms with Gasteiger partial charge in [0.05, 0.1) is 23.9 Å². The molecule has 0 saturated carbocycles. The van der Waals surface area contributed by atoms with Crippen LogP contribution in [0.3, 0.4) is 0 Å². The van der Waals surface area contributed by atoms with Crippen LogP contribution in [0.15, 0.2) is 0 Å². The van der Waals surface area contributed by atoms with Crippen molar-refractivity contribution in [1.29, 1.82) is 0 Å². The minimum absolute atomic E-state index is 0.120. The minimum Gasteiger partial charge on any atom is -0.457 e. The average molecular weight is 612 g/mol. The van der Waals surface area contributed by atoms with Gasteiger partial charge < -0.3 is 38.1 Å². The van der Waals surface area contributed by atoms with Crippen LogP contribution >= 0.6 is 0 Å². The van der Waals surface area contributed by atoms with Crippen LogP contribution in [0.25, 0.3) is 0 Å². The third-order valence-electron chi connectivity index (χ3n) is 9.74. The molecule has 0 spiro atoms. The van der Waals surface area contributed by atoms with Crippen LogP contribution in [-0.4, -0.2) is 103 Å². The van der Waals surface area contributed by atoms with Crippen molar-refractivity contribution < 1.29 is 57.1 Å². The number of ketones is 2. The smallest absolute Gasteiger partial charge is 0.457 e. The molecule has 0 aromatic rings.